The van der Waals surface area contributed by atoms with Gasteiger partial charge in [-0.25, -0.2) is 0 Å². The summed E-state index contributed by atoms with van der Waals surface area (Å²) in [6.07, 6.45) is 8.80. The average Bonchev–Trinajstić information content (AvgIpc) is 2.75. The summed E-state index contributed by atoms with van der Waals surface area (Å²) >= 11 is 0. The number of hydrogen-bond acceptors (Lipinski definition) is 0. The molecule has 0 atom stereocenters. The highest BCUT2D eigenvalue weighted by Gasteiger charge is 2.68. The maximum absolute atomic E-state index is 2.45. The van der Waals surface area contributed by atoms with Gasteiger partial charge in [0.25, 0.3) is 0 Å². The summed E-state index contributed by atoms with van der Waals surface area (Å²) < 4.78 is 0. The molecule has 4 fully saturated rings. The van der Waals surface area contributed by atoms with Crippen LogP contribution in [0.5, 0.6) is 0 Å². The van der Waals surface area contributed by atoms with Gasteiger partial charge in [0.2, 0.25) is 0 Å². The van der Waals surface area contributed by atoms with Gasteiger partial charge in [0, 0.05) is 0 Å². The molecule has 4 aliphatic rings. The molecule has 3 aromatic carbocycles. The monoisotopic (exact) mass is 397 g/mol. The van der Waals surface area contributed by atoms with Crippen molar-refractivity contribution in [3.05, 3.63) is 91.0 Å². The smallest absolute Gasteiger partial charge is 0.0620 e. The molecule has 0 saturated heterocycles. The van der Waals surface area contributed by atoms with Crippen LogP contribution in [0.25, 0.3) is 0 Å². The van der Waals surface area contributed by atoms with Crippen molar-refractivity contribution in [3.8, 4) is 0 Å². The van der Waals surface area contributed by atoms with Crippen molar-refractivity contribution in [1.29, 1.82) is 0 Å². The summed E-state index contributed by atoms with van der Waals surface area (Å²) in [5.41, 5.74) is 0. The molecule has 29 heavy (non-hydrogen) atoms. The summed E-state index contributed by atoms with van der Waals surface area (Å²) in [6, 6.07) is 34.9. The Balaban J connectivity index is 1.69. The van der Waals surface area contributed by atoms with Crippen LogP contribution in [0.2, 0.25) is 0 Å². The van der Waals surface area contributed by atoms with Crippen LogP contribution in [0.15, 0.2) is 91.0 Å². The molecule has 7 rings (SSSR count). The molecule has 4 aliphatic carbocycles. The van der Waals surface area contributed by atoms with E-state index >= 15 is 0 Å². The number of rotatable bonds is 4. The van der Waals surface area contributed by atoms with Gasteiger partial charge < -0.3 is 0 Å². The van der Waals surface area contributed by atoms with Crippen molar-refractivity contribution in [2.75, 3.05) is 0 Å². The lowest BCUT2D eigenvalue weighted by molar-refractivity contribution is 0.0356. The molecule has 0 aromatic heterocycles. The van der Waals surface area contributed by atoms with E-state index in [-0.39, 0.29) is 0 Å². The lowest BCUT2D eigenvalue weighted by Crippen LogP contribution is -2.57. The molecular weight excluding hydrogens is 367 g/mol. The minimum Gasteiger partial charge on any atom is -0.0620 e. The molecule has 0 nitrogen and oxygen atoms in total. The second-order valence-electron chi connectivity index (χ2n) is 9.82. The predicted octanol–water partition coefficient (Wildman–Crippen LogP) is 5.95. The predicted molar refractivity (Wildman–Crippen MR) is 126 cm³/mol. The Bertz CT molecular complexity index is 845. The summed E-state index contributed by atoms with van der Waals surface area (Å²) in [7, 11) is -1.75. The first kappa shape index (κ1) is 17.9. The van der Waals surface area contributed by atoms with Gasteiger partial charge in [0.15, 0.2) is 0 Å². The molecule has 0 aliphatic heterocycles. The molecule has 0 amide bonds. The summed E-state index contributed by atoms with van der Waals surface area (Å²) in [6.45, 7) is 0. The minimum absolute atomic E-state index is 0.436. The topological polar surface area (TPSA) is 0 Å². The molecule has 0 heterocycles. The van der Waals surface area contributed by atoms with E-state index in [0.29, 0.717) is 5.16 Å². The van der Waals surface area contributed by atoms with Crippen LogP contribution in [-0.2, 0) is 0 Å². The maximum atomic E-state index is 2.45. The van der Waals surface area contributed by atoms with Crippen LogP contribution in [0, 0.1) is 17.8 Å². The normalized spacial score (nSPS) is 30.4. The zero-order chi connectivity index (χ0) is 19.3. The van der Waals surface area contributed by atoms with E-state index in [2.05, 4.69) is 91.0 Å². The van der Waals surface area contributed by atoms with E-state index in [9.17, 15) is 0 Å². The molecule has 146 valence electrons. The van der Waals surface area contributed by atoms with E-state index in [1.54, 1.807) is 15.9 Å². The van der Waals surface area contributed by atoms with Crippen molar-refractivity contribution < 1.29 is 0 Å². The van der Waals surface area contributed by atoms with Crippen molar-refractivity contribution >= 4 is 23.2 Å². The fourth-order valence-electron chi connectivity index (χ4n) is 7.70. The maximum Gasteiger partial charge on any atom is 0.118 e. The van der Waals surface area contributed by atoms with Crippen LogP contribution in [0.4, 0.5) is 0 Å². The Labute approximate surface area is 175 Å². The third kappa shape index (κ3) is 2.62. The van der Waals surface area contributed by atoms with Gasteiger partial charge in [0.1, 0.15) is 23.2 Å². The SMILES string of the molecule is c1ccc([P+](c2ccccc2)(c2ccccc2)C23CC4CC(CC(C4)C2)C3)cc1. The van der Waals surface area contributed by atoms with Crippen LogP contribution >= 0.6 is 7.26 Å². The lowest BCUT2D eigenvalue weighted by atomic mass is 9.56. The third-order valence-electron chi connectivity index (χ3n) is 8.15. The van der Waals surface area contributed by atoms with Crippen LogP contribution in [-0.4, -0.2) is 5.16 Å². The molecule has 0 spiro atoms. The van der Waals surface area contributed by atoms with E-state index in [1.807, 2.05) is 0 Å². The quantitative estimate of drug-likeness (QED) is 0.477. The van der Waals surface area contributed by atoms with Crippen LogP contribution in [0.1, 0.15) is 38.5 Å². The molecule has 4 saturated carbocycles. The highest BCUT2D eigenvalue weighted by Crippen LogP contribution is 2.76. The molecule has 3 aromatic rings. The average molecular weight is 398 g/mol. The summed E-state index contributed by atoms with van der Waals surface area (Å²) in [4.78, 5) is 0. The molecule has 0 radical (unpaired) electrons. The van der Waals surface area contributed by atoms with Crippen LogP contribution < -0.4 is 15.9 Å². The zero-order valence-corrected chi connectivity index (χ0v) is 18.0. The first-order valence-corrected chi connectivity index (χ1v) is 13.2. The molecular formula is C28H30P+. The van der Waals surface area contributed by atoms with E-state index < -0.39 is 7.26 Å². The number of benzene rings is 3. The highest BCUT2D eigenvalue weighted by molar-refractivity contribution is 7.97. The molecule has 0 N–H and O–H groups in total. The Hall–Kier alpha value is -1.91. The largest absolute Gasteiger partial charge is 0.118 e. The van der Waals surface area contributed by atoms with E-state index in [1.165, 1.54) is 38.5 Å². The van der Waals surface area contributed by atoms with Gasteiger partial charge >= 0.3 is 0 Å². The van der Waals surface area contributed by atoms with Crippen molar-refractivity contribution in [2.24, 2.45) is 17.8 Å². The van der Waals surface area contributed by atoms with E-state index in [0.717, 1.165) is 17.8 Å². The van der Waals surface area contributed by atoms with Gasteiger partial charge in [-0.1, -0.05) is 54.6 Å². The first-order chi connectivity index (χ1) is 14.3. The van der Waals surface area contributed by atoms with Crippen molar-refractivity contribution in [2.45, 2.75) is 43.7 Å². The van der Waals surface area contributed by atoms with Crippen LogP contribution in [0.3, 0.4) is 0 Å². The van der Waals surface area contributed by atoms with E-state index in [4.69, 9.17) is 0 Å². The zero-order valence-electron chi connectivity index (χ0n) is 17.1. The van der Waals surface area contributed by atoms with Gasteiger partial charge in [-0.05, 0) is 92.7 Å². The van der Waals surface area contributed by atoms with Crippen molar-refractivity contribution in [1.82, 2.24) is 0 Å². The number of hydrogen-bond donors (Lipinski definition) is 0. The third-order valence-corrected chi connectivity index (χ3v) is 13.3. The minimum atomic E-state index is -1.75. The fraction of sp³-hybridized carbons (Fsp3) is 0.357. The highest BCUT2D eigenvalue weighted by atomic mass is 31.2. The molecule has 4 bridgehead atoms. The lowest BCUT2D eigenvalue weighted by Gasteiger charge is -2.59. The fourth-order valence-corrected chi connectivity index (χ4v) is 13.7. The second kappa shape index (κ2) is 6.82. The standard InChI is InChI=1S/C28H30P/c1-4-10-25(11-5-1)29(26-12-6-2-7-13-26,27-14-8-3-9-15-27)28-19-22-16-23(20-28)18-24(17-22)21-28/h1-15,22-24H,16-21H2/q+1. The summed E-state index contributed by atoms with van der Waals surface area (Å²) in [5, 5.41) is 5.23. The molecule has 1 heteroatoms. The van der Waals surface area contributed by atoms with Gasteiger partial charge in [-0.3, -0.25) is 0 Å². The molecule has 0 unspecified atom stereocenters. The Morgan fingerprint density at radius 2 is 0.793 bits per heavy atom. The van der Waals surface area contributed by atoms with Gasteiger partial charge in [0.05, 0.1) is 5.16 Å². The van der Waals surface area contributed by atoms with Gasteiger partial charge in [-0.2, -0.15) is 0 Å². The van der Waals surface area contributed by atoms with Gasteiger partial charge in [-0.15, -0.1) is 0 Å². The van der Waals surface area contributed by atoms with Crippen molar-refractivity contribution in [3.63, 3.8) is 0 Å². The summed E-state index contributed by atoms with van der Waals surface area (Å²) in [5.74, 6) is 2.87. The first-order valence-electron chi connectivity index (χ1n) is 11.4. The Morgan fingerprint density at radius 1 is 0.483 bits per heavy atom. The Morgan fingerprint density at radius 3 is 1.10 bits per heavy atom. The Kier molecular flexibility index (Phi) is 4.21. The second-order valence-corrected chi connectivity index (χ2v) is 13.7.